The molecule has 0 aliphatic rings. The van der Waals surface area contributed by atoms with E-state index < -0.39 is 22.0 Å². The summed E-state index contributed by atoms with van der Waals surface area (Å²) < 4.78 is 67.0. The van der Waals surface area contributed by atoms with E-state index in [0.29, 0.717) is 12.1 Å². The van der Waals surface area contributed by atoms with Crippen molar-refractivity contribution in [3.8, 4) is 0 Å². The predicted octanol–water partition coefficient (Wildman–Crippen LogP) is 1.88. The fraction of sp³-hybridized carbons (Fsp3) is 0.250. The fourth-order valence-corrected chi connectivity index (χ4v) is 1.68. The Labute approximate surface area is 95.2 Å². The summed E-state index contributed by atoms with van der Waals surface area (Å²) >= 11 is 0. The van der Waals surface area contributed by atoms with Crippen LogP contribution in [0.5, 0.6) is 0 Å². The summed E-state index contributed by atoms with van der Waals surface area (Å²) in [5.74, 6) is 0. The summed E-state index contributed by atoms with van der Waals surface area (Å²) in [7, 11) is -3.74. The topological polar surface area (TPSA) is 66.8 Å². The fourth-order valence-electron chi connectivity index (χ4n) is 1.10. The van der Waals surface area contributed by atoms with Crippen LogP contribution in [-0.2, 0) is 21.3 Å². The molecular formula is C8H8F3NO4S. The average Bonchev–Trinajstić information content (AvgIpc) is 2.16. The third kappa shape index (κ3) is 3.32. The molecule has 5 nitrogen and oxygen atoms in total. The molecule has 0 saturated carbocycles. The summed E-state index contributed by atoms with van der Waals surface area (Å²) in [6.45, 7) is 0. The molecule has 1 N–H and O–H groups in total. The van der Waals surface area contributed by atoms with Gasteiger partial charge in [0, 0.05) is 0 Å². The highest BCUT2D eigenvalue weighted by Crippen LogP contribution is 2.30. The number of hydrogen-bond donors (Lipinski definition) is 1. The Morgan fingerprint density at radius 3 is 2.00 bits per heavy atom. The van der Waals surface area contributed by atoms with Gasteiger partial charge in [0.2, 0.25) is 0 Å². The number of hydrogen-bond acceptors (Lipinski definition) is 3. The van der Waals surface area contributed by atoms with E-state index in [2.05, 4.69) is 4.84 Å². The van der Waals surface area contributed by atoms with Crippen molar-refractivity contribution in [3.05, 3.63) is 29.8 Å². The van der Waals surface area contributed by atoms with Gasteiger partial charge in [0.15, 0.2) is 0 Å². The minimum absolute atomic E-state index is 0.0904. The van der Waals surface area contributed by atoms with Crippen molar-refractivity contribution in [1.29, 1.82) is 0 Å². The van der Waals surface area contributed by atoms with Crippen LogP contribution in [0.2, 0.25) is 0 Å². The van der Waals surface area contributed by atoms with Crippen LogP contribution < -0.4 is 4.47 Å². The molecule has 0 aliphatic heterocycles. The van der Waals surface area contributed by atoms with Gasteiger partial charge in [-0.25, -0.2) is 0 Å². The third-order valence-electron chi connectivity index (χ3n) is 1.78. The standard InChI is InChI=1S/C8H8F3NO4S/c1-16-12(17(13,14)15)7-4-2-6(3-5-7)8(9,10)11/h2-5H,1H3,(H,13,14,15). The third-order valence-corrected chi connectivity index (χ3v) is 2.56. The van der Waals surface area contributed by atoms with Gasteiger partial charge in [0.1, 0.15) is 0 Å². The Morgan fingerprint density at radius 2 is 1.71 bits per heavy atom. The molecule has 96 valence electrons. The Hall–Kier alpha value is -1.32. The first kappa shape index (κ1) is 13.7. The van der Waals surface area contributed by atoms with E-state index in [1.54, 1.807) is 0 Å². The average molecular weight is 271 g/mol. The molecule has 0 aliphatic carbocycles. The van der Waals surface area contributed by atoms with E-state index in [-0.39, 0.29) is 10.2 Å². The van der Waals surface area contributed by atoms with Gasteiger partial charge in [-0.3, -0.25) is 9.39 Å². The first-order valence-corrected chi connectivity index (χ1v) is 5.55. The first-order valence-electron chi connectivity index (χ1n) is 4.15. The van der Waals surface area contributed by atoms with Crippen molar-refractivity contribution in [2.24, 2.45) is 0 Å². The van der Waals surface area contributed by atoms with Gasteiger partial charge in [0.25, 0.3) is 0 Å². The monoisotopic (exact) mass is 271 g/mol. The molecule has 0 unspecified atom stereocenters. The van der Waals surface area contributed by atoms with Crippen molar-refractivity contribution >= 4 is 16.0 Å². The van der Waals surface area contributed by atoms with Gasteiger partial charge in [-0.15, -0.1) is 4.47 Å². The van der Waals surface area contributed by atoms with Crippen LogP contribution in [0, 0.1) is 0 Å². The van der Waals surface area contributed by atoms with Crippen molar-refractivity contribution in [2.45, 2.75) is 6.18 Å². The molecule has 0 amide bonds. The van der Waals surface area contributed by atoms with E-state index in [4.69, 9.17) is 4.55 Å². The smallest absolute Gasteiger partial charge is 0.267 e. The van der Waals surface area contributed by atoms with Crippen molar-refractivity contribution < 1.29 is 31.0 Å². The number of benzene rings is 1. The van der Waals surface area contributed by atoms with Crippen LogP contribution >= 0.6 is 0 Å². The van der Waals surface area contributed by atoms with Crippen LogP contribution in [0.1, 0.15) is 5.56 Å². The van der Waals surface area contributed by atoms with Crippen LogP contribution in [0.3, 0.4) is 0 Å². The molecule has 1 rings (SSSR count). The molecule has 0 atom stereocenters. The molecule has 0 saturated heterocycles. The van der Waals surface area contributed by atoms with E-state index in [1.165, 1.54) is 0 Å². The van der Waals surface area contributed by atoms with Gasteiger partial charge >= 0.3 is 16.5 Å². The molecule has 0 heterocycles. The van der Waals surface area contributed by atoms with Gasteiger partial charge in [0.05, 0.1) is 18.4 Å². The highest BCUT2D eigenvalue weighted by atomic mass is 32.2. The molecule has 0 spiro atoms. The van der Waals surface area contributed by atoms with E-state index in [9.17, 15) is 21.6 Å². The maximum absolute atomic E-state index is 12.2. The van der Waals surface area contributed by atoms with Crippen molar-refractivity contribution in [2.75, 3.05) is 11.6 Å². The highest BCUT2D eigenvalue weighted by molar-refractivity contribution is 7.87. The van der Waals surface area contributed by atoms with Gasteiger partial charge in [-0.05, 0) is 24.3 Å². The second-order valence-electron chi connectivity index (χ2n) is 2.93. The number of alkyl halides is 3. The molecule has 1 aromatic rings. The Morgan fingerprint density at radius 1 is 1.24 bits per heavy atom. The van der Waals surface area contributed by atoms with Crippen molar-refractivity contribution in [3.63, 3.8) is 0 Å². The lowest BCUT2D eigenvalue weighted by atomic mass is 10.2. The van der Waals surface area contributed by atoms with E-state index >= 15 is 0 Å². The quantitative estimate of drug-likeness (QED) is 0.673. The van der Waals surface area contributed by atoms with E-state index in [1.807, 2.05) is 0 Å². The van der Waals surface area contributed by atoms with Crippen molar-refractivity contribution in [1.82, 2.24) is 0 Å². The van der Waals surface area contributed by atoms with Crippen LogP contribution in [0.25, 0.3) is 0 Å². The largest absolute Gasteiger partial charge is 0.416 e. The highest BCUT2D eigenvalue weighted by Gasteiger charge is 2.30. The SMILES string of the molecule is CON(c1ccc(C(F)(F)F)cc1)S(=O)(=O)O. The lowest BCUT2D eigenvalue weighted by Crippen LogP contribution is -2.29. The number of rotatable bonds is 3. The number of halogens is 3. The van der Waals surface area contributed by atoms with Crippen LogP contribution in [0.15, 0.2) is 24.3 Å². The zero-order chi connectivity index (χ0) is 13.3. The normalized spacial score (nSPS) is 12.5. The lowest BCUT2D eigenvalue weighted by molar-refractivity contribution is -0.137. The second kappa shape index (κ2) is 4.51. The van der Waals surface area contributed by atoms with Gasteiger partial charge < -0.3 is 0 Å². The summed E-state index contributed by atoms with van der Waals surface area (Å²) in [6, 6.07) is 3.07. The predicted molar refractivity (Wildman–Crippen MR) is 52.5 cm³/mol. The molecule has 0 fully saturated rings. The zero-order valence-corrected chi connectivity index (χ0v) is 9.29. The van der Waals surface area contributed by atoms with E-state index in [0.717, 1.165) is 19.2 Å². The molecule has 0 aromatic heterocycles. The molecule has 0 radical (unpaired) electrons. The lowest BCUT2D eigenvalue weighted by Gasteiger charge is -2.17. The molecule has 0 bridgehead atoms. The Balaban J connectivity index is 3.10. The summed E-state index contributed by atoms with van der Waals surface area (Å²) in [5, 5.41) is 0. The molecule has 17 heavy (non-hydrogen) atoms. The Bertz CT molecular complexity index is 482. The summed E-state index contributed by atoms with van der Waals surface area (Å²) in [5.41, 5.74) is -1.18. The second-order valence-corrected chi connectivity index (χ2v) is 4.16. The minimum Gasteiger partial charge on any atom is -0.267 e. The van der Waals surface area contributed by atoms with Gasteiger partial charge in [-0.2, -0.15) is 21.6 Å². The van der Waals surface area contributed by atoms with Gasteiger partial charge in [-0.1, -0.05) is 0 Å². The molecule has 9 heteroatoms. The summed E-state index contributed by atoms with van der Waals surface area (Å²) in [6.07, 6.45) is -4.52. The van der Waals surface area contributed by atoms with Crippen LogP contribution in [-0.4, -0.2) is 20.1 Å². The number of nitrogens with zero attached hydrogens (tertiary/aromatic N) is 1. The zero-order valence-electron chi connectivity index (χ0n) is 8.47. The van der Waals surface area contributed by atoms with Crippen LogP contribution in [0.4, 0.5) is 18.9 Å². The number of anilines is 1. The maximum Gasteiger partial charge on any atom is 0.416 e. The maximum atomic E-state index is 12.2. The summed E-state index contributed by atoms with van der Waals surface area (Å²) in [4.78, 5) is 4.34. The molecule has 1 aromatic carbocycles. The Kier molecular flexibility index (Phi) is 3.65. The first-order chi connectivity index (χ1) is 7.66. The molecular weight excluding hydrogens is 263 g/mol. The minimum atomic E-state index is -4.69.